The summed E-state index contributed by atoms with van der Waals surface area (Å²) in [6.45, 7) is 0.890. The van der Waals surface area contributed by atoms with Crippen molar-refractivity contribution in [2.45, 2.75) is 35.5 Å². The molecule has 1 saturated heterocycles. The number of nitrogens with zero attached hydrogens (tertiary/aromatic N) is 2. The molecule has 0 aliphatic carbocycles. The number of carbonyl (C=O) groups excluding carboxylic acids is 1. The van der Waals surface area contributed by atoms with Gasteiger partial charge in [-0.25, -0.2) is 21.8 Å². The van der Waals surface area contributed by atoms with Crippen LogP contribution >= 0.6 is 0 Å². The number of carbonyl (C=O) groups is 1. The molecule has 1 aromatic heterocycles. The summed E-state index contributed by atoms with van der Waals surface area (Å²) >= 11 is 0. The van der Waals surface area contributed by atoms with Crippen LogP contribution < -0.4 is 14.8 Å². The fourth-order valence-electron chi connectivity index (χ4n) is 3.99. The summed E-state index contributed by atoms with van der Waals surface area (Å²) in [6.07, 6.45) is 5.04. The minimum Gasteiger partial charge on any atom is -0.496 e. The van der Waals surface area contributed by atoms with Crippen molar-refractivity contribution >= 4 is 37.5 Å². The van der Waals surface area contributed by atoms with Gasteiger partial charge in [0.2, 0.25) is 10.0 Å². The van der Waals surface area contributed by atoms with Crippen LogP contribution in [0, 0.1) is 0 Å². The van der Waals surface area contributed by atoms with Crippen molar-refractivity contribution < 1.29 is 26.4 Å². The fourth-order valence-corrected chi connectivity index (χ4v) is 6.54. The van der Waals surface area contributed by atoms with Crippen LogP contribution in [-0.2, 0) is 20.0 Å². The lowest BCUT2D eigenvalue weighted by molar-refractivity contribution is 0.102. The molecule has 12 heteroatoms. The van der Waals surface area contributed by atoms with E-state index in [-0.39, 0.29) is 26.9 Å². The predicted octanol–water partition coefficient (Wildman–Crippen LogP) is 3.71. The highest BCUT2D eigenvalue weighted by Gasteiger charge is 2.27. The molecule has 10 nitrogen and oxygen atoms in total. The Labute approximate surface area is 216 Å². The summed E-state index contributed by atoms with van der Waals surface area (Å²) in [5.41, 5.74) is 0.372. The lowest BCUT2D eigenvalue weighted by Gasteiger charge is -2.20. The van der Waals surface area contributed by atoms with Crippen molar-refractivity contribution in [2.24, 2.45) is 0 Å². The van der Waals surface area contributed by atoms with E-state index in [4.69, 9.17) is 4.74 Å². The van der Waals surface area contributed by atoms with Gasteiger partial charge in [0.1, 0.15) is 11.6 Å². The van der Waals surface area contributed by atoms with E-state index < -0.39 is 26.0 Å². The molecule has 2 heterocycles. The molecule has 196 valence electrons. The molecule has 2 N–H and O–H groups in total. The SMILES string of the molecule is COc1ccc(S(=O)(=O)N2CCCCCC2)cc1C(=O)Nc1ccc(S(=O)(=O)Nc2ccccn2)cc1. The molecular weight excluding hydrogens is 516 g/mol. The highest BCUT2D eigenvalue weighted by molar-refractivity contribution is 7.92. The van der Waals surface area contributed by atoms with Gasteiger partial charge in [-0.15, -0.1) is 0 Å². The first-order valence-corrected chi connectivity index (χ1v) is 14.7. The molecule has 1 aliphatic rings. The van der Waals surface area contributed by atoms with E-state index in [1.54, 1.807) is 12.1 Å². The summed E-state index contributed by atoms with van der Waals surface area (Å²) < 4.78 is 60.8. The second kappa shape index (κ2) is 11.3. The van der Waals surface area contributed by atoms with Gasteiger partial charge in [-0.3, -0.25) is 9.52 Å². The van der Waals surface area contributed by atoms with E-state index in [1.165, 1.54) is 66.1 Å². The average Bonchev–Trinajstić information content (AvgIpc) is 3.19. The lowest BCUT2D eigenvalue weighted by Crippen LogP contribution is -2.32. The third-order valence-corrected chi connectivity index (χ3v) is 9.21. The number of sulfonamides is 2. The van der Waals surface area contributed by atoms with Crippen LogP contribution in [0.25, 0.3) is 0 Å². The van der Waals surface area contributed by atoms with Gasteiger partial charge in [0.25, 0.3) is 15.9 Å². The highest BCUT2D eigenvalue weighted by atomic mass is 32.2. The quantitative estimate of drug-likeness (QED) is 0.441. The molecule has 0 bridgehead atoms. The number of hydrogen-bond donors (Lipinski definition) is 2. The summed E-state index contributed by atoms with van der Waals surface area (Å²) in [4.78, 5) is 17.0. The van der Waals surface area contributed by atoms with Crippen molar-refractivity contribution in [1.82, 2.24) is 9.29 Å². The molecule has 1 aliphatic heterocycles. The number of hydrogen-bond acceptors (Lipinski definition) is 7. The zero-order chi connectivity index (χ0) is 26.5. The summed E-state index contributed by atoms with van der Waals surface area (Å²) in [6, 6.07) is 14.6. The number of aromatic nitrogens is 1. The summed E-state index contributed by atoms with van der Waals surface area (Å²) in [5, 5.41) is 2.67. The average molecular weight is 545 g/mol. The maximum atomic E-state index is 13.2. The second-order valence-electron chi connectivity index (χ2n) is 8.48. The zero-order valence-electron chi connectivity index (χ0n) is 20.3. The number of anilines is 2. The molecule has 0 unspecified atom stereocenters. The molecule has 37 heavy (non-hydrogen) atoms. The Morgan fingerprint density at radius 3 is 2.19 bits per heavy atom. The first kappa shape index (κ1) is 26.6. The van der Waals surface area contributed by atoms with E-state index in [0.29, 0.717) is 18.8 Å². The molecular formula is C25H28N4O6S2. The van der Waals surface area contributed by atoms with Crippen molar-refractivity contribution in [1.29, 1.82) is 0 Å². The van der Waals surface area contributed by atoms with Crippen LogP contribution in [0.15, 0.2) is 76.7 Å². The maximum absolute atomic E-state index is 13.2. The van der Waals surface area contributed by atoms with Crippen LogP contribution in [0.4, 0.5) is 11.5 Å². The molecule has 2 aromatic carbocycles. The number of ether oxygens (including phenoxy) is 1. The lowest BCUT2D eigenvalue weighted by atomic mass is 10.2. The van der Waals surface area contributed by atoms with Crippen molar-refractivity contribution in [3.63, 3.8) is 0 Å². The van der Waals surface area contributed by atoms with Crippen LogP contribution in [0.2, 0.25) is 0 Å². The molecule has 0 atom stereocenters. The predicted molar refractivity (Wildman–Crippen MR) is 140 cm³/mol. The Hall–Kier alpha value is -3.48. The van der Waals surface area contributed by atoms with Crippen LogP contribution in [-0.4, -0.2) is 52.2 Å². The van der Waals surface area contributed by atoms with Crippen LogP contribution in [0.1, 0.15) is 36.0 Å². The number of methoxy groups -OCH3 is 1. The van der Waals surface area contributed by atoms with Crippen LogP contribution in [0.3, 0.4) is 0 Å². The highest BCUT2D eigenvalue weighted by Crippen LogP contribution is 2.27. The Morgan fingerprint density at radius 1 is 0.892 bits per heavy atom. The topological polar surface area (TPSA) is 135 Å². The molecule has 0 spiro atoms. The standard InChI is InChI=1S/C25H28N4O6S2/c1-35-23-14-13-21(37(33,34)29-16-6-2-3-7-17-29)18-22(23)25(30)27-19-9-11-20(12-10-19)36(31,32)28-24-8-4-5-15-26-24/h4-5,8-15,18H,2-3,6-7,16-17H2,1H3,(H,26,28)(H,27,30). The number of benzene rings is 2. The molecule has 3 aromatic rings. The third-order valence-electron chi connectivity index (χ3n) is 5.94. The zero-order valence-corrected chi connectivity index (χ0v) is 21.9. The van der Waals surface area contributed by atoms with Gasteiger partial charge in [-0.05, 0) is 67.4 Å². The normalized spacial score (nSPS) is 14.9. The minimum atomic E-state index is -3.87. The van der Waals surface area contributed by atoms with Gasteiger partial charge in [0, 0.05) is 25.0 Å². The van der Waals surface area contributed by atoms with Crippen LogP contribution in [0.5, 0.6) is 5.75 Å². The molecule has 4 rings (SSSR count). The Kier molecular flexibility index (Phi) is 8.10. The Bertz CT molecular complexity index is 1450. The fraction of sp³-hybridized carbons (Fsp3) is 0.280. The van der Waals surface area contributed by atoms with E-state index in [1.807, 2.05) is 0 Å². The van der Waals surface area contributed by atoms with E-state index in [0.717, 1.165) is 25.7 Å². The van der Waals surface area contributed by atoms with Gasteiger partial charge < -0.3 is 10.1 Å². The Morgan fingerprint density at radius 2 is 1.57 bits per heavy atom. The van der Waals surface area contributed by atoms with Gasteiger partial charge in [0.05, 0.1) is 22.5 Å². The largest absolute Gasteiger partial charge is 0.496 e. The number of amides is 1. The van der Waals surface area contributed by atoms with Gasteiger partial charge in [0.15, 0.2) is 0 Å². The van der Waals surface area contributed by atoms with Crippen molar-refractivity contribution in [3.8, 4) is 5.75 Å². The van der Waals surface area contributed by atoms with Crippen molar-refractivity contribution in [2.75, 3.05) is 30.2 Å². The van der Waals surface area contributed by atoms with E-state index >= 15 is 0 Å². The first-order chi connectivity index (χ1) is 17.7. The Balaban J connectivity index is 1.53. The molecule has 1 fully saturated rings. The number of rotatable bonds is 8. The first-order valence-electron chi connectivity index (χ1n) is 11.7. The summed E-state index contributed by atoms with van der Waals surface area (Å²) in [5.74, 6) is -0.194. The second-order valence-corrected chi connectivity index (χ2v) is 12.1. The van der Waals surface area contributed by atoms with E-state index in [9.17, 15) is 21.6 Å². The van der Waals surface area contributed by atoms with Crippen molar-refractivity contribution in [3.05, 3.63) is 72.4 Å². The minimum absolute atomic E-state index is 0.0146. The molecule has 0 saturated carbocycles. The maximum Gasteiger partial charge on any atom is 0.263 e. The van der Waals surface area contributed by atoms with Gasteiger partial charge in [-0.1, -0.05) is 18.9 Å². The number of pyridine rings is 1. The van der Waals surface area contributed by atoms with E-state index in [2.05, 4.69) is 15.0 Å². The summed E-state index contributed by atoms with van der Waals surface area (Å²) in [7, 11) is -6.25. The third kappa shape index (κ3) is 6.27. The monoisotopic (exact) mass is 544 g/mol. The number of nitrogens with one attached hydrogen (secondary N) is 2. The van der Waals surface area contributed by atoms with Gasteiger partial charge >= 0.3 is 0 Å². The molecule has 0 radical (unpaired) electrons. The molecule has 1 amide bonds. The smallest absolute Gasteiger partial charge is 0.263 e. The van der Waals surface area contributed by atoms with Gasteiger partial charge in [-0.2, -0.15) is 4.31 Å².